The summed E-state index contributed by atoms with van der Waals surface area (Å²) in [7, 11) is 6.07. The summed E-state index contributed by atoms with van der Waals surface area (Å²) in [6.07, 6.45) is 0. The van der Waals surface area contributed by atoms with E-state index in [1.807, 2.05) is 0 Å². The molecule has 0 nitrogen and oxygen atoms in total. The first-order valence-electron chi connectivity index (χ1n) is 7.95. The normalized spacial score (nSPS) is 12.1. The van der Waals surface area contributed by atoms with Gasteiger partial charge in [-0.2, -0.15) is 0 Å². The van der Waals surface area contributed by atoms with Gasteiger partial charge in [0, 0.05) is 0 Å². The Morgan fingerprint density at radius 2 is 0.917 bits per heavy atom. The van der Waals surface area contributed by atoms with Gasteiger partial charge in [-0.25, -0.2) is 0 Å². The van der Waals surface area contributed by atoms with Crippen molar-refractivity contribution in [2.45, 2.75) is 11.4 Å². The van der Waals surface area contributed by atoms with Crippen LogP contribution in [0.2, 0.25) is 11.4 Å². The van der Waals surface area contributed by atoms with Gasteiger partial charge in [0.1, 0.15) is 0 Å². The van der Waals surface area contributed by atoms with Crippen molar-refractivity contribution in [3.8, 4) is 0 Å². The van der Waals surface area contributed by atoms with Gasteiger partial charge in [-0.05, 0) is 0 Å². The summed E-state index contributed by atoms with van der Waals surface area (Å²) in [5.74, 6) is 0. The van der Waals surface area contributed by atoms with Crippen molar-refractivity contribution in [3.05, 3.63) is 91.0 Å². The minimum atomic E-state index is -2.84. The molecule has 0 heterocycles. The van der Waals surface area contributed by atoms with Gasteiger partial charge in [-0.1, -0.05) is 0 Å². The fourth-order valence-corrected chi connectivity index (χ4v) is 59.5. The molecule has 3 aromatic carbocycles. The van der Waals surface area contributed by atoms with Gasteiger partial charge in [0.25, 0.3) is 0 Å². The fraction of sp³-hybridized carbons (Fsp3) is 0.100. The van der Waals surface area contributed by atoms with E-state index in [2.05, 4.69) is 111 Å². The van der Waals surface area contributed by atoms with E-state index in [9.17, 15) is 0 Å². The standard InChI is InChI=1S/C20H21AsGeS2/c1-21(2,23)24-22(18-12-6-3-7-13-18,19-14-8-4-9-15-19)20-16-10-5-11-17-20/h3-17H,1-2H3. The number of rotatable bonds is 5. The number of hydrogen-bond acceptors (Lipinski definition) is 2. The SMILES string of the molecule is C[As](C)(=S)[S][Ge]([c]1ccccc1)([c]1ccccc1)[c]1ccccc1. The van der Waals surface area contributed by atoms with Crippen LogP contribution in [-0.2, 0) is 0 Å². The first kappa shape index (κ1) is 18.1. The van der Waals surface area contributed by atoms with Crippen molar-refractivity contribution in [1.29, 1.82) is 0 Å². The maximum absolute atomic E-state index is 6.01. The van der Waals surface area contributed by atoms with Crippen LogP contribution in [0.5, 0.6) is 0 Å². The van der Waals surface area contributed by atoms with Gasteiger partial charge < -0.3 is 0 Å². The molecule has 24 heavy (non-hydrogen) atoms. The Balaban J connectivity index is 2.35. The first-order chi connectivity index (χ1) is 11.5. The second-order valence-electron chi connectivity index (χ2n) is 6.12. The molecule has 4 heteroatoms. The summed E-state index contributed by atoms with van der Waals surface area (Å²) in [5.41, 5.74) is 4.65. The molecule has 0 spiro atoms. The predicted molar refractivity (Wildman–Crippen MR) is 117 cm³/mol. The zero-order valence-corrected chi connectivity index (χ0v) is 19.5. The van der Waals surface area contributed by atoms with Crippen LogP contribution < -0.4 is 13.2 Å². The molecular weight excluding hydrogens is 452 g/mol. The van der Waals surface area contributed by atoms with Gasteiger partial charge in [0.15, 0.2) is 0 Å². The van der Waals surface area contributed by atoms with E-state index in [4.69, 9.17) is 10.4 Å². The Bertz CT molecular complexity index is 733. The number of hydrogen-bond donors (Lipinski definition) is 0. The Morgan fingerprint density at radius 1 is 0.625 bits per heavy atom. The molecule has 122 valence electrons. The molecule has 0 saturated carbocycles. The van der Waals surface area contributed by atoms with Crippen molar-refractivity contribution in [2.24, 2.45) is 0 Å². The van der Waals surface area contributed by atoms with Gasteiger partial charge in [-0.3, -0.25) is 0 Å². The topological polar surface area (TPSA) is 0 Å². The van der Waals surface area contributed by atoms with Crippen molar-refractivity contribution in [1.82, 2.24) is 0 Å². The van der Waals surface area contributed by atoms with Crippen LogP contribution in [0.25, 0.3) is 0 Å². The molecule has 0 atom stereocenters. The molecule has 0 bridgehead atoms. The third-order valence-electron chi connectivity index (χ3n) is 3.90. The average Bonchev–Trinajstić information content (AvgIpc) is 2.61. The predicted octanol–water partition coefficient (Wildman–Crippen LogP) is 4.29. The van der Waals surface area contributed by atoms with Crippen LogP contribution in [0.3, 0.4) is 0 Å². The van der Waals surface area contributed by atoms with Crippen LogP contribution in [-0.4, -0.2) is 22.8 Å². The Morgan fingerprint density at radius 3 is 1.17 bits per heavy atom. The summed E-state index contributed by atoms with van der Waals surface area (Å²) in [6.45, 7) is 0. The first-order valence-corrected chi connectivity index (χ1v) is 23.2. The molecular formula is C20H21AsGeS2. The van der Waals surface area contributed by atoms with Crippen LogP contribution in [0, 0.1) is 0 Å². The van der Waals surface area contributed by atoms with E-state index in [1.54, 1.807) is 0 Å². The molecule has 3 rings (SSSR count). The fourth-order valence-electron chi connectivity index (χ4n) is 3.01. The van der Waals surface area contributed by atoms with E-state index in [-0.39, 0.29) is 0 Å². The monoisotopic (exact) mass is 474 g/mol. The van der Waals surface area contributed by atoms with E-state index in [0.717, 1.165) is 0 Å². The van der Waals surface area contributed by atoms with Crippen LogP contribution in [0.1, 0.15) is 0 Å². The molecule has 0 fully saturated rings. The summed E-state index contributed by atoms with van der Waals surface area (Å²) >= 11 is -2.84. The minimum absolute atomic E-state index is 1.49. The molecule has 0 unspecified atom stereocenters. The van der Waals surface area contributed by atoms with Crippen molar-refractivity contribution in [2.75, 3.05) is 0 Å². The Labute approximate surface area is 156 Å². The van der Waals surface area contributed by atoms with Gasteiger partial charge in [-0.15, -0.1) is 0 Å². The van der Waals surface area contributed by atoms with E-state index < -0.39 is 22.8 Å². The Hall–Kier alpha value is -0.669. The molecule has 0 aliphatic rings. The molecule has 0 aliphatic heterocycles. The summed E-state index contributed by atoms with van der Waals surface area (Å²) in [4.78, 5) is 0. The quantitative estimate of drug-likeness (QED) is 0.508. The van der Waals surface area contributed by atoms with Crippen molar-refractivity contribution >= 4 is 54.8 Å². The van der Waals surface area contributed by atoms with E-state index in [1.165, 1.54) is 13.2 Å². The van der Waals surface area contributed by atoms with Crippen LogP contribution in [0.15, 0.2) is 91.0 Å². The average molecular weight is 473 g/mol. The molecule has 0 aliphatic carbocycles. The van der Waals surface area contributed by atoms with Gasteiger partial charge in [0.05, 0.1) is 0 Å². The molecule has 0 radical (unpaired) electrons. The van der Waals surface area contributed by atoms with Crippen molar-refractivity contribution < 1.29 is 0 Å². The molecule has 0 saturated heterocycles. The molecule has 0 amide bonds. The third kappa shape index (κ3) is 3.94. The molecule has 3 aromatic rings. The van der Waals surface area contributed by atoms with Crippen LogP contribution >= 0.6 is 18.7 Å². The van der Waals surface area contributed by atoms with Crippen LogP contribution in [0.4, 0.5) is 0 Å². The molecule has 0 aromatic heterocycles. The van der Waals surface area contributed by atoms with Crippen molar-refractivity contribution in [3.63, 3.8) is 0 Å². The maximum atomic E-state index is 6.01. The van der Waals surface area contributed by atoms with Gasteiger partial charge >= 0.3 is 157 Å². The van der Waals surface area contributed by atoms with Gasteiger partial charge in [0.2, 0.25) is 0 Å². The van der Waals surface area contributed by atoms with E-state index in [0.29, 0.717) is 0 Å². The second-order valence-corrected chi connectivity index (χ2v) is 39.0. The second kappa shape index (κ2) is 7.70. The summed E-state index contributed by atoms with van der Waals surface area (Å²) < 4.78 is 4.46. The Kier molecular flexibility index (Phi) is 5.82. The molecule has 0 N–H and O–H groups in total. The van der Waals surface area contributed by atoms with E-state index >= 15 is 0 Å². The zero-order chi connectivity index (χ0) is 17.0. The third-order valence-corrected chi connectivity index (χ3v) is 49.4. The summed E-state index contributed by atoms with van der Waals surface area (Å²) in [6, 6.07) is 33.2. The number of benzene rings is 3. The zero-order valence-electron chi connectivity index (χ0n) is 13.9. The summed E-state index contributed by atoms with van der Waals surface area (Å²) in [5, 5.41) is 0.